The maximum atomic E-state index is 11.0. The molecule has 0 aliphatic rings. The van der Waals surface area contributed by atoms with Gasteiger partial charge in [0.05, 0.1) is 7.11 Å². The molecule has 1 unspecified atom stereocenters. The fourth-order valence-electron chi connectivity index (χ4n) is 1.08. The summed E-state index contributed by atoms with van der Waals surface area (Å²) in [6.45, 7) is 1.58. The van der Waals surface area contributed by atoms with Gasteiger partial charge in [-0.2, -0.15) is 0 Å². The molecule has 0 aliphatic carbocycles. The van der Waals surface area contributed by atoms with Crippen LogP contribution < -0.4 is 16.2 Å². The van der Waals surface area contributed by atoms with E-state index < -0.39 is 11.4 Å². The van der Waals surface area contributed by atoms with E-state index in [4.69, 9.17) is 16.2 Å². The molecule has 1 aromatic rings. The molecular formula is C10H14N2O2. The fourth-order valence-corrected chi connectivity index (χ4v) is 1.08. The molecule has 4 nitrogen and oxygen atoms in total. The summed E-state index contributed by atoms with van der Waals surface area (Å²) in [7, 11) is 1.57. The standard InChI is InChI=1S/C10H14N2O2/c1-10(12,9(11)13)7-3-5-8(14-2)6-4-7/h3-6H,12H2,1-2H3,(H2,11,13). The molecule has 0 spiro atoms. The largest absolute Gasteiger partial charge is 0.497 e. The first-order valence-corrected chi connectivity index (χ1v) is 4.22. The van der Waals surface area contributed by atoms with E-state index in [2.05, 4.69) is 0 Å². The molecule has 0 saturated heterocycles. The minimum atomic E-state index is -1.13. The van der Waals surface area contributed by atoms with Crippen LogP contribution in [0.3, 0.4) is 0 Å². The first-order valence-electron chi connectivity index (χ1n) is 4.22. The van der Waals surface area contributed by atoms with E-state index in [-0.39, 0.29) is 0 Å². The summed E-state index contributed by atoms with van der Waals surface area (Å²) < 4.78 is 4.99. The zero-order chi connectivity index (χ0) is 10.8. The molecule has 1 rings (SSSR count). The predicted octanol–water partition coefficient (Wildman–Crippen LogP) is 0.354. The van der Waals surface area contributed by atoms with E-state index in [1.807, 2.05) is 0 Å². The maximum absolute atomic E-state index is 11.0. The van der Waals surface area contributed by atoms with Gasteiger partial charge < -0.3 is 16.2 Å². The van der Waals surface area contributed by atoms with Crippen LogP contribution >= 0.6 is 0 Å². The van der Waals surface area contributed by atoms with Crippen molar-refractivity contribution in [2.45, 2.75) is 12.5 Å². The Morgan fingerprint density at radius 2 is 1.86 bits per heavy atom. The third-order valence-electron chi connectivity index (χ3n) is 2.20. The highest BCUT2D eigenvalue weighted by atomic mass is 16.5. The molecule has 1 amide bonds. The number of carbonyl (C=O) groups is 1. The van der Waals surface area contributed by atoms with Crippen LogP contribution in [0, 0.1) is 0 Å². The first kappa shape index (κ1) is 10.5. The highest BCUT2D eigenvalue weighted by Crippen LogP contribution is 2.20. The van der Waals surface area contributed by atoms with Crippen LogP contribution in [0.5, 0.6) is 5.75 Å². The van der Waals surface area contributed by atoms with E-state index in [1.54, 1.807) is 38.3 Å². The summed E-state index contributed by atoms with van der Waals surface area (Å²) in [4.78, 5) is 11.0. The van der Waals surface area contributed by atoms with Gasteiger partial charge in [0.2, 0.25) is 5.91 Å². The highest BCUT2D eigenvalue weighted by molar-refractivity contribution is 5.85. The van der Waals surface area contributed by atoms with Crippen molar-refractivity contribution < 1.29 is 9.53 Å². The van der Waals surface area contributed by atoms with Crippen molar-refractivity contribution in [3.63, 3.8) is 0 Å². The average molecular weight is 194 g/mol. The van der Waals surface area contributed by atoms with E-state index in [1.165, 1.54) is 0 Å². The smallest absolute Gasteiger partial charge is 0.241 e. The number of hydrogen-bond acceptors (Lipinski definition) is 3. The molecule has 0 radical (unpaired) electrons. The third-order valence-corrected chi connectivity index (χ3v) is 2.20. The van der Waals surface area contributed by atoms with Gasteiger partial charge in [-0.3, -0.25) is 4.79 Å². The topological polar surface area (TPSA) is 78.3 Å². The van der Waals surface area contributed by atoms with Gasteiger partial charge in [0.1, 0.15) is 11.3 Å². The number of methoxy groups -OCH3 is 1. The van der Waals surface area contributed by atoms with Gasteiger partial charge in [-0.1, -0.05) is 12.1 Å². The van der Waals surface area contributed by atoms with Crippen LogP contribution in [0.15, 0.2) is 24.3 Å². The number of benzene rings is 1. The number of amides is 1. The third kappa shape index (κ3) is 1.85. The molecule has 0 saturated carbocycles. The Bertz CT molecular complexity index is 330. The van der Waals surface area contributed by atoms with Gasteiger partial charge >= 0.3 is 0 Å². The van der Waals surface area contributed by atoms with Crippen LogP contribution in [0.2, 0.25) is 0 Å². The lowest BCUT2D eigenvalue weighted by Gasteiger charge is -2.20. The van der Waals surface area contributed by atoms with Crippen molar-refractivity contribution in [1.82, 2.24) is 0 Å². The van der Waals surface area contributed by atoms with Crippen molar-refractivity contribution in [2.75, 3.05) is 7.11 Å². The summed E-state index contributed by atoms with van der Waals surface area (Å²) in [5.41, 5.74) is 10.5. The van der Waals surface area contributed by atoms with E-state index in [0.717, 1.165) is 0 Å². The Kier molecular flexibility index (Phi) is 2.76. The van der Waals surface area contributed by atoms with Crippen LogP contribution in [-0.4, -0.2) is 13.0 Å². The number of nitrogens with two attached hydrogens (primary N) is 2. The summed E-state index contributed by atoms with van der Waals surface area (Å²) in [6.07, 6.45) is 0. The molecule has 0 fully saturated rings. The van der Waals surface area contributed by atoms with Gasteiger partial charge in [-0.05, 0) is 24.6 Å². The Morgan fingerprint density at radius 1 is 1.36 bits per heavy atom. The van der Waals surface area contributed by atoms with Crippen molar-refractivity contribution in [3.05, 3.63) is 29.8 Å². The Labute approximate surface area is 82.8 Å². The van der Waals surface area contributed by atoms with E-state index in [0.29, 0.717) is 11.3 Å². The monoisotopic (exact) mass is 194 g/mol. The molecule has 0 aromatic heterocycles. The summed E-state index contributed by atoms with van der Waals surface area (Å²) in [5.74, 6) is 0.164. The molecule has 1 aromatic carbocycles. The van der Waals surface area contributed by atoms with Crippen molar-refractivity contribution in [1.29, 1.82) is 0 Å². The fraction of sp³-hybridized carbons (Fsp3) is 0.300. The van der Waals surface area contributed by atoms with Crippen molar-refractivity contribution in [3.8, 4) is 5.75 Å². The second-order valence-electron chi connectivity index (χ2n) is 3.30. The second-order valence-corrected chi connectivity index (χ2v) is 3.30. The van der Waals surface area contributed by atoms with Crippen molar-refractivity contribution in [2.24, 2.45) is 11.5 Å². The number of hydrogen-bond donors (Lipinski definition) is 2. The number of primary amides is 1. The number of ether oxygens (including phenoxy) is 1. The lowest BCUT2D eigenvalue weighted by atomic mass is 9.93. The first-order chi connectivity index (χ1) is 6.48. The minimum absolute atomic E-state index is 0.553. The Balaban J connectivity index is 3.02. The molecule has 76 valence electrons. The van der Waals surface area contributed by atoms with Gasteiger partial charge in [-0.25, -0.2) is 0 Å². The maximum Gasteiger partial charge on any atom is 0.241 e. The van der Waals surface area contributed by atoms with Gasteiger partial charge in [-0.15, -0.1) is 0 Å². The predicted molar refractivity (Wildman–Crippen MR) is 53.7 cm³/mol. The van der Waals surface area contributed by atoms with Crippen LogP contribution in [0.25, 0.3) is 0 Å². The average Bonchev–Trinajstić information content (AvgIpc) is 2.17. The summed E-state index contributed by atoms with van der Waals surface area (Å²) >= 11 is 0. The molecule has 1 atom stereocenters. The Hall–Kier alpha value is -1.55. The van der Waals surface area contributed by atoms with Gasteiger partial charge in [0.15, 0.2) is 0 Å². The zero-order valence-electron chi connectivity index (χ0n) is 8.28. The molecular weight excluding hydrogens is 180 g/mol. The molecule has 4 heteroatoms. The van der Waals surface area contributed by atoms with Gasteiger partial charge in [0, 0.05) is 0 Å². The number of rotatable bonds is 3. The highest BCUT2D eigenvalue weighted by Gasteiger charge is 2.27. The molecule has 4 N–H and O–H groups in total. The zero-order valence-corrected chi connectivity index (χ0v) is 8.28. The molecule has 0 bridgehead atoms. The molecule has 0 aliphatic heterocycles. The van der Waals surface area contributed by atoms with Gasteiger partial charge in [0.25, 0.3) is 0 Å². The molecule has 14 heavy (non-hydrogen) atoms. The Morgan fingerprint density at radius 3 is 2.21 bits per heavy atom. The lowest BCUT2D eigenvalue weighted by molar-refractivity contribution is -0.122. The van der Waals surface area contributed by atoms with Crippen LogP contribution in [0.1, 0.15) is 12.5 Å². The second kappa shape index (κ2) is 3.67. The lowest BCUT2D eigenvalue weighted by Crippen LogP contribution is -2.46. The normalized spacial score (nSPS) is 14.5. The van der Waals surface area contributed by atoms with Crippen LogP contribution in [0.4, 0.5) is 0 Å². The summed E-state index contributed by atoms with van der Waals surface area (Å²) in [6, 6.07) is 6.93. The minimum Gasteiger partial charge on any atom is -0.497 e. The van der Waals surface area contributed by atoms with E-state index in [9.17, 15) is 4.79 Å². The van der Waals surface area contributed by atoms with Crippen LogP contribution in [-0.2, 0) is 10.3 Å². The molecule has 0 heterocycles. The SMILES string of the molecule is COc1ccc(C(C)(N)C(N)=O)cc1. The van der Waals surface area contributed by atoms with E-state index >= 15 is 0 Å². The quantitative estimate of drug-likeness (QED) is 0.729. The number of carbonyl (C=O) groups excluding carboxylic acids is 1. The summed E-state index contributed by atoms with van der Waals surface area (Å²) in [5, 5.41) is 0. The van der Waals surface area contributed by atoms with Crippen molar-refractivity contribution >= 4 is 5.91 Å².